The van der Waals surface area contributed by atoms with Gasteiger partial charge in [-0.15, -0.1) is 0 Å². The maximum Gasteiger partial charge on any atom is 0.271 e. The van der Waals surface area contributed by atoms with Crippen molar-refractivity contribution in [3.8, 4) is 23.0 Å². The second-order valence-electron chi connectivity index (χ2n) is 7.20. The predicted octanol–water partition coefficient (Wildman–Crippen LogP) is 5.62. The van der Waals surface area contributed by atoms with E-state index in [9.17, 15) is 9.90 Å². The molecule has 34 heavy (non-hydrogen) atoms. The molecule has 0 saturated carbocycles. The number of aliphatic imine (C=N–C) groups is 1. The summed E-state index contributed by atoms with van der Waals surface area (Å²) >= 11 is 1.28. The lowest BCUT2D eigenvalue weighted by Gasteiger charge is -2.16. The number of thioether (sulfide) groups is 1. The maximum absolute atomic E-state index is 13.5. The van der Waals surface area contributed by atoms with Crippen LogP contribution in [0.5, 0.6) is 23.0 Å². The molecule has 1 heterocycles. The lowest BCUT2D eigenvalue weighted by atomic mass is 10.2. The van der Waals surface area contributed by atoms with Crippen molar-refractivity contribution in [1.82, 2.24) is 0 Å². The Morgan fingerprint density at radius 1 is 0.971 bits per heavy atom. The molecule has 0 atom stereocenters. The third kappa shape index (κ3) is 5.02. The molecule has 1 amide bonds. The van der Waals surface area contributed by atoms with Gasteiger partial charge in [-0.3, -0.25) is 9.69 Å². The van der Waals surface area contributed by atoms with Gasteiger partial charge in [0.05, 0.1) is 37.1 Å². The highest BCUT2D eigenvalue weighted by Crippen LogP contribution is 2.38. The Morgan fingerprint density at radius 3 is 2.24 bits per heavy atom. The van der Waals surface area contributed by atoms with Crippen molar-refractivity contribution in [2.24, 2.45) is 4.99 Å². The SMILES string of the molecule is CCOc1cc(C=C2SC(=Nc3ccc(OC)cc3)N(c3ccc(OC)cc3)C2=O)ccc1O. The van der Waals surface area contributed by atoms with E-state index in [1.54, 1.807) is 55.5 Å². The standard InChI is InChI=1S/C26H24N2O5S/c1-4-33-23-15-17(5-14-22(23)29)16-24-25(30)28(19-8-12-21(32-3)13-9-19)26(34-24)27-18-6-10-20(31-2)11-7-18/h5-16,29H,4H2,1-3H3. The number of carbonyl (C=O) groups is 1. The number of ether oxygens (including phenoxy) is 3. The topological polar surface area (TPSA) is 80.6 Å². The summed E-state index contributed by atoms with van der Waals surface area (Å²) < 4.78 is 15.9. The Balaban J connectivity index is 1.73. The predicted molar refractivity (Wildman–Crippen MR) is 135 cm³/mol. The van der Waals surface area contributed by atoms with Gasteiger partial charge in [-0.1, -0.05) is 6.07 Å². The minimum atomic E-state index is -0.200. The third-order valence-corrected chi connectivity index (χ3v) is 5.98. The maximum atomic E-state index is 13.5. The van der Waals surface area contributed by atoms with Gasteiger partial charge in [0.1, 0.15) is 11.5 Å². The fourth-order valence-electron chi connectivity index (χ4n) is 3.32. The molecule has 1 N–H and O–H groups in total. The highest BCUT2D eigenvalue weighted by molar-refractivity contribution is 8.19. The van der Waals surface area contributed by atoms with Crippen LogP contribution >= 0.6 is 11.8 Å². The van der Waals surface area contributed by atoms with Crippen LogP contribution in [0.4, 0.5) is 11.4 Å². The van der Waals surface area contributed by atoms with Crippen LogP contribution in [0.1, 0.15) is 12.5 Å². The van der Waals surface area contributed by atoms with E-state index in [1.165, 1.54) is 11.8 Å². The number of benzene rings is 3. The number of phenols is 1. The van der Waals surface area contributed by atoms with E-state index in [0.29, 0.717) is 39.6 Å². The molecular weight excluding hydrogens is 452 g/mol. The van der Waals surface area contributed by atoms with E-state index < -0.39 is 0 Å². The van der Waals surface area contributed by atoms with Gasteiger partial charge < -0.3 is 19.3 Å². The van der Waals surface area contributed by atoms with Crippen LogP contribution in [0, 0.1) is 0 Å². The number of nitrogens with zero attached hydrogens (tertiary/aromatic N) is 2. The van der Waals surface area contributed by atoms with Gasteiger partial charge in [0, 0.05) is 0 Å². The molecule has 0 unspecified atom stereocenters. The van der Waals surface area contributed by atoms with E-state index in [2.05, 4.69) is 0 Å². The van der Waals surface area contributed by atoms with Crippen molar-refractivity contribution in [3.63, 3.8) is 0 Å². The second-order valence-corrected chi connectivity index (χ2v) is 8.21. The summed E-state index contributed by atoms with van der Waals surface area (Å²) in [7, 11) is 3.20. The first kappa shape index (κ1) is 23.3. The number of aromatic hydroxyl groups is 1. The minimum Gasteiger partial charge on any atom is -0.504 e. The molecule has 1 aliphatic rings. The molecular formula is C26H24N2O5S. The Labute approximate surface area is 202 Å². The largest absolute Gasteiger partial charge is 0.504 e. The fourth-order valence-corrected chi connectivity index (χ4v) is 4.32. The highest BCUT2D eigenvalue weighted by Gasteiger charge is 2.34. The van der Waals surface area contributed by atoms with Crippen molar-refractivity contribution in [2.45, 2.75) is 6.92 Å². The Bertz CT molecular complexity index is 1240. The van der Waals surface area contributed by atoms with Gasteiger partial charge in [-0.2, -0.15) is 0 Å². The quantitative estimate of drug-likeness (QED) is 0.446. The zero-order valence-electron chi connectivity index (χ0n) is 19.0. The van der Waals surface area contributed by atoms with Gasteiger partial charge >= 0.3 is 0 Å². The number of amides is 1. The zero-order chi connectivity index (χ0) is 24.1. The summed E-state index contributed by atoms with van der Waals surface area (Å²) in [6, 6.07) is 19.5. The first-order valence-corrected chi connectivity index (χ1v) is 11.4. The molecule has 0 spiro atoms. The Morgan fingerprint density at radius 2 is 1.62 bits per heavy atom. The molecule has 8 heteroatoms. The zero-order valence-corrected chi connectivity index (χ0v) is 19.8. The number of hydrogen-bond donors (Lipinski definition) is 1. The summed E-state index contributed by atoms with van der Waals surface area (Å²) in [6.07, 6.45) is 1.77. The van der Waals surface area contributed by atoms with Crippen molar-refractivity contribution in [2.75, 3.05) is 25.7 Å². The summed E-state index contributed by atoms with van der Waals surface area (Å²) in [4.78, 5) is 20.3. The number of methoxy groups -OCH3 is 2. The highest BCUT2D eigenvalue weighted by atomic mass is 32.2. The molecule has 0 bridgehead atoms. The molecule has 3 aromatic rings. The van der Waals surface area contributed by atoms with E-state index in [4.69, 9.17) is 19.2 Å². The number of hydrogen-bond acceptors (Lipinski definition) is 7. The van der Waals surface area contributed by atoms with Crippen LogP contribution in [0.3, 0.4) is 0 Å². The average Bonchev–Trinajstić information content (AvgIpc) is 3.16. The molecule has 1 saturated heterocycles. The van der Waals surface area contributed by atoms with Gasteiger partial charge in [0.25, 0.3) is 5.91 Å². The van der Waals surface area contributed by atoms with E-state index >= 15 is 0 Å². The van der Waals surface area contributed by atoms with Gasteiger partial charge in [0.2, 0.25) is 0 Å². The first-order valence-electron chi connectivity index (χ1n) is 10.6. The van der Waals surface area contributed by atoms with Crippen molar-refractivity contribution < 1.29 is 24.1 Å². The first-order chi connectivity index (χ1) is 16.5. The lowest BCUT2D eigenvalue weighted by Crippen LogP contribution is -2.28. The monoisotopic (exact) mass is 476 g/mol. The van der Waals surface area contributed by atoms with Crippen LogP contribution in [-0.4, -0.2) is 37.0 Å². The molecule has 1 aliphatic heterocycles. The van der Waals surface area contributed by atoms with Crippen LogP contribution < -0.4 is 19.1 Å². The normalized spacial score (nSPS) is 15.7. The van der Waals surface area contributed by atoms with E-state index in [0.717, 1.165) is 11.3 Å². The smallest absolute Gasteiger partial charge is 0.271 e. The van der Waals surface area contributed by atoms with Crippen LogP contribution in [0.25, 0.3) is 6.08 Å². The average molecular weight is 477 g/mol. The summed E-state index contributed by atoms with van der Waals surface area (Å²) in [6.45, 7) is 2.26. The molecule has 0 aliphatic carbocycles. The molecule has 4 rings (SSSR count). The van der Waals surface area contributed by atoms with Crippen molar-refractivity contribution >= 4 is 40.3 Å². The summed E-state index contributed by atoms with van der Waals surface area (Å²) in [5.41, 5.74) is 2.10. The van der Waals surface area contributed by atoms with Crippen LogP contribution in [0.2, 0.25) is 0 Å². The molecule has 1 fully saturated rings. The number of amidine groups is 1. The molecule has 0 aromatic heterocycles. The van der Waals surface area contributed by atoms with E-state index in [-0.39, 0.29) is 11.7 Å². The minimum absolute atomic E-state index is 0.0519. The van der Waals surface area contributed by atoms with Gasteiger partial charge in [-0.25, -0.2) is 4.99 Å². The number of carbonyl (C=O) groups excluding carboxylic acids is 1. The number of anilines is 1. The van der Waals surface area contributed by atoms with Gasteiger partial charge in [0.15, 0.2) is 16.7 Å². The molecule has 174 valence electrons. The van der Waals surface area contributed by atoms with E-state index in [1.807, 2.05) is 43.3 Å². The molecule has 3 aromatic carbocycles. The summed E-state index contributed by atoms with van der Waals surface area (Å²) in [5.74, 6) is 1.64. The van der Waals surface area contributed by atoms with Crippen molar-refractivity contribution in [1.29, 1.82) is 0 Å². The van der Waals surface area contributed by atoms with Gasteiger partial charge in [-0.05, 0) is 91.0 Å². The fraction of sp³-hybridized carbons (Fsp3) is 0.154. The Hall–Kier alpha value is -3.91. The Kier molecular flexibility index (Phi) is 7.08. The number of rotatable bonds is 7. The van der Waals surface area contributed by atoms with Crippen LogP contribution in [-0.2, 0) is 4.79 Å². The third-order valence-electron chi connectivity index (χ3n) is 5.02. The second kappa shape index (κ2) is 10.4. The molecule has 0 radical (unpaired) electrons. The lowest BCUT2D eigenvalue weighted by molar-refractivity contribution is -0.113. The van der Waals surface area contributed by atoms with Crippen molar-refractivity contribution in [3.05, 3.63) is 77.2 Å². The van der Waals surface area contributed by atoms with Crippen LogP contribution in [0.15, 0.2) is 76.6 Å². The number of phenolic OH excluding ortho intramolecular Hbond substituents is 1. The summed E-state index contributed by atoms with van der Waals surface area (Å²) in [5, 5.41) is 10.5. The molecule has 7 nitrogen and oxygen atoms in total.